The second kappa shape index (κ2) is 13.7. The van der Waals surface area contributed by atoms with Gasteiger partial charge in [0.05, 0.1) is 25.9 Å². The number of ether oxygens (including phenoxy) is 10. The number of benzene rings is 2. The molecule has 0 N–H and O–H groups in total. The van der Waals surface area contributed by atoms with E-state index in [4.69, 9.17) is 47.4 Å². The molecule has 0 aromatic heterocycles. The van der Waals surface area contributed by atoms with Gasteiger partial charge in [-0.15, -0.1) is 0 Å². The number of hydrogen-bond acceptors (Lipinski definition) is 11. The molecule has 2 aromatic rings. The molecule has 6 rings (SSSR count). The molecule has 45 heavy (non-hydrogen) atoms. The smallest absolute Gasteiger partial charge is 0.302 e. The van der Waals surface area contributed by atoms with Gasteiger partial charge in [-0.25, -0.2) is 0 Å². The Morgan fingerprint density at radius 3 is 1.98 bits per heavy atom. The molecular weight excluding hydrogens is 584 g/mol. The molecule has 0 spiro atoms. The van der Waals surface area contributed by atoms with E-state index in [1.54, 1.807) is 0 Å². The van der Waals surface area contributed by atoms with Crippen LogP contribution in [0.15, 0.2) is 60.7 Å². The van der Waals surface area contributed by atoms with Gasteiger partial charge in [-0.05, 0) is 38.8 Å². The van der Waals surface area contributed by atoms with Crippen LogP contribution in [0, 0.1) is 0 Å². The highest BCUT2D eigenvalue weighted by Crippen LogP contribution is 2.44. The van der Waals surface area contributed by atoms with E-state index in [0.717, 1.165) is 11.1 Å². The normalized spacial score (nSPS) is 35.0. The van der Waals surface area contributed by atoms with Crippen molar-refractivity contribution in [1.82, 2.24) is 0 Å². The summed E-state index contributed by atoms with van der Waals surface area (Å²) in [6.45, 7) is 9.64. The van der Waals surface area contributed by atoms with Crippen LogP contribution < -0.4 is 0 Å². The number of fused-ring (bicyclic) bond motifs is 3. The summed E-state index contributed by atoms with van der Waals surface area (Å²) in [5.74, 6) is -2.05. The van der Waals surface area contributed by atoms with E-state index in [-0.39, 0.29) is 13.2 Å². The molecule has 0 amide bonds. The predicted molar refractivity (Wildman–Crippen MR) is 158 cm³/mol. The SMILES string of the molecule is CC(=O)OCC1O[C@H](OCC2O[C@@H]3OC(C)(C)OC3C3OC(C)(C)O[C@@H]23)C[C@@H](OCc2ccccc2)[C@H]1OCc1ccccc1. The fourth-order valence-electron chi connectivity index (χ4n) is 6.28. The van der Waals surface area contributed by atoms with E-state index in [1.165, 1.54) is 6.92 Å². The topological polar surface area (TPSA) is 109 Å². The lowest BCUT2D eigenvalue weighted by atomic mass is 9.99. The highest BCUT2D eigenvalue weighted by Gasteiger charge is 2.60. The third-order valence-electron chi connectivity index (χ3n) is 8.22. The fraction of sp³-hybridized carbons (Fsp3) is 0.618. The van der Waals surface area contributed by atoms with Crippen LogP contribution in [0.3, 0.4) is 0 Å². The van der Waals surface area contributed by atoms with E-state index < -0.39 is 72.9 Å². The minimum Gasteiger partial charge on any atom is -0.463 e. The van der Waals surface area contributed by atoms with Crippen LogP contribution in [-0.2, 0) is 65.4 Å². The molecule has 2 aromatic carbocycles. The molecule has 4 fully saturated rings. The lowest BCUT2D eigenvalue weighted by Gasteiger charge is -2.42. The maximum atomic E-state index is 11.8. The maximum Gasteiger partial charge on any atom is 0.302 e. The highest BCUT2D eigenvalue weighted by molar-refractivity contribution is 5.65. The summed E-state index contributed by atoms with van der Waals surface area (Å²) in [4.78, 5) is 11.8. The van der Waals surface area contributed by atoms with Gasteiger partial charge in [0.25, 0.3) is 0 Å². The quantitative estimate of drug-likeness (QED) is 0.333. The van der Waals surface area contributed by atoms with Crippen molar-refractivity contribution in [2.24, 2.45) is 0 Å². The van der Waals surface area contributed by atoms with E-state index in [0.29, 0.717) is 19.6 Å². The molecule has 0 bridgehead atoms. The van der Waals surface area contributed by atoms with Crippen molar-refractivity contribution in [3.63, 3.8) is 0 Å². The van der Waals surface area contributed by atoms with Gasteiger partial charge in [-0.1, -0.05) is 60.7 Å². The Morgan fingerprint density at radius 2 is 1.31 bits per heavy atom. The van der Waals surface area contributed by atoms with Gasteiger partial charge in [-0.2, -0.15) is 0 Å². The third kappa shape index (κ3) is 8.10. The monoisotopic (exact) mass is 628 g/mol. The third-order valence-corrected chi connectivity index (χ3v) is 8.22. The summed E-state index contributed by atoms with van der Waals surface area (Å²) >= 11 is 0. The Balaban J connectivity index is 1.17. The van der Waals surface area contributed by atoms with Gasteiger partial charge >= 0.3 is 5.97 Å². The van der Waals surface area contributed by atoms with E-state index in [9.17, 15) is 4.79 Å². The van der Waals surface area contributed by atoms with Crippen LogP contribution >= 0.6 is 0 Å². The van der Waals surface area contributed by atoms with E-state index in [2.05, 4.69) is 0 Å². The van der Waals surface area contributed by atoms with Gasteiger partial charge in [0.1, 0.15) is 43.2 Å². The van der Waals surface area contributed by atoms with Crippen LogP contribution in [0.5, 0.6) is 0 Å². The molecule has 4 aliphatic rings. The minimum atomic E-state index is -0.821. The molecule has 0 radical (unpaired) electrons. The van der Waals surface area contributed by atoms with Crippen LogP contribution in [0.25, 0.3) is 0 Å². The van der Waals surface area contributed by atoms with Gasteiger partial charge in [0.2, 0.25) is 0 Å². The number of rotatable bonds is 11. The first-order chi connectivity index (χ1) is 21.6. The van der Waals surface area contributed by atoms with Crippen LogP contribution in [0.2, 0.25) is 0 Å². The number of carbonyl (C=O) groups excluding carboxylic acids is 1. The van der Waals surface area contributed by atoms with Crippen molar-refractivity contribution in [1.29, 1.82) is 0 Å². The first kappa shape index (κ1) is 32.5. The summed E-state index contributed by atoms with van der Waals surface area (Å²) in [6, 6.07) is 19.8. The van der Waals surface area contributed by atoms with Crippen molar-refractivity contribution in [3.8, 4) is 0 Å². The zero-order valence-electron chi connectivity index (χ0n) is 26.5. The maximum absolute atomic E-state index is 11.8. The molecule has 11 heteroatoms. The molecule has 4 unspecified atom stereocenters. The minimum absolute atomic E-state index is 0.0143. The summed E-state index contributed by atoms with van der Waals surface area (Å²) in [7, 11) is 0. The zero-order chi connectivity index (χ0) is 31.6. The Bertz CT molecular complexity index is 1260. The second-order valence-electron chi connectivity index (χ2n) is 12.8. The lowest BCUT2D eigenvalue weighted by Crippen LogP contribution is -2.57. The molecule has 9 atom stereocenters. The molecule has 4 aliphatic heterocycles. The summed E-state index contributed by atoms with van der Waals surface area (Å²) in [5.41, 5.74) is 2.04. The summed E-state index contributed by atoms with van der Waals surface area (Å²) in [5, 5.41) is 0. The van der Waals surface area contributed by atoms with Crippen molar-refractivity contribution >= 4 is 5.97 Å². The van der Waals surface area contributed by atoms with Gasteiger partial charge in [-0.3, -0.25) is 4.79 Å². The van der Waals surface area contributed by atoms with Crippen LogP contribution in [0.1, 0.15) is 52.2 Å². The van der Waals surface area contributed by atoms with Gasteiger partial charge < -0.3 is 47.4 Å². The second-order valence-corrected chi connectivity index (χ2v) is 12.8. The van der Waals surface area contributed by atoms with E-state index in [1.807, 2.05) is 88.4 Å². The molecule has 246 valence electrons. The Kier molecular flexibility index (Phi) is 9.91. The molecule has 11 nitrogen and oxygen atoms in total. The highest BCUT2D eigenvalue weighted by atomic mass is 16.9. The zero-order valence-corrected chi connectivity index (χ0v) is 26.5. The summed E-state index contributed by atoms with van der Waals surface area (Å²) < 4.78 is 62.1. The molecule has 0 saturated carbocycles. The number of hydrogen-bond donors (Lipinski definition) is 0. The largest absolute Gasteiger partial charge is 0.463 e. The van der Waals surface area contributed by atoms with Gasteiger partial charge in [0.15, 0.2) is 24.2 Å². The van der Waals surface area contributed by atoms with Crippen molar-refractivity contribution in [3.05, 3.63) is 71.8 Å². The van der Waals surface area contributed by atoms with Crippen molar-refractivity contribution in [2.45, 2.75) is 121 Å². The Labute approximate surface area is 264 Å². The Morgan fingerprint density at radius 1 is 0.711 bits per heavy atom. The number of carbonyl (C=O) groups is 1. The van der Waals surface area contributed by atoms with Gasteiger partial charge in [0, 0.05) is 13.3 Å². The molecule has 4 heterocycles. The van der Waals surface area contributed by atoms with Crippen molar-refractivity contribution < 1.29 is 52.2 Å². The van der Waals surface area contributed by atoms with Crippen LogP contribution in [0.4, 0.5) is 0 Å². The lowest BCUT2D eigenvalue weighted by molar-refractivity contribution is -0.295. The standard InChI is InChI=1S/C34H44O11/c1-21(35)36-19-25-28(39-18-23-14-10-7-11-15-23)24(37-17-22-12-8-6-9-13-22)16-27(40-25)38-20-26-29-30(43-33(2,3)42-29)31-32(41-26)45-34(4,5)44-31/h6-15,24-32H,16-20H2,1-5H3/t24-,25?,26?,27+,28-,29+,30?,31?,32-/m1/s1. The fourth-order valence-corrected chi connectivity index (χ4v) is 6.28. The Hall–Kier alpha value is -2.45. The molecular formula is C34H44O11. The first-order valence-electron chi connectivity index (χ1n) is 15.6. The first-order valence-corrected chi connectivity index (χ1v) is 15.6. The number of esters is 1. The van der Waals surface area contributed by atoms with E-state index >= 15 is 0 Å². The summed E-state index contributed by atoms with van der Waals surface area (Å²) in [6.07, 6.45) is -4.31. The molecule has 0 aliphatic carbocycles. The average Bonchev–Trinajstić information content (AvgIpc) is 3.51. The molecule has 4 saturated heterocycles. The average molecular weight is 629 g/mol. The van der Waals surface area contributed by atoms with Crippen molar-refractivity contribution in [2.75, 3.05) is 13.2 Å². The predicted octanol–water partition coefficient (Wildman–Crippen LogP) is 4.25. The van der Waals surface area contributed by atoms with Crippen LogP contribution in [-0.4, -0.2) is 86.1 Å².